The van der Waals surface area contributed by atoms with Crippen LogP contribution in [0.3, 0.4) is 0 Å². The van der Waals surface area contributed by atoms with Gasteiger partial charge in [-0.05, 0) is 36.9 Å². The first-order chi connectivity index (χ1) is 10.2. The highest BCUT2D eigenvalue weighted by Gasteiger charge is 2.20. The summed E-state index contributed by atoms with van der Waals surface area (Å²) in [7, 11) is 1.68. The molecule has 1 aromatic carbocycles. The third kappa shape index (κ3) is 2.93. The van der Waals surface area contributed by atoms with Gasteiger partial charge in [0.05, 0.1) is 7.11 Å². The summed E-state index contributed by atoms with van der Waals surface area (Å²) in [5.74, 6) is 1.76. The number of benzene rings is 1. The Kier molecular flexibility index (Phi) is 4.19. The predicted molar refractivity (Wildman–Crippen MR) is 87.6 cm³/mol. The number of hydrogen-bond donors (Lipinski definition) is 1. The van der Waals surface area contributed by atoms with E-state index in [-0.39, 0.29) is 6.04 Å². The minimum Gasteiger partial charge on any atom is -0.496 e. The molecular weight excluding hydrogens is 306 g/mol. The van der Waals surface area contributed by atoms with Crippen molar-refractivity contribution in [3.63, 3.8) is 0 Å². The summed E-state index contributed by atoms with van der Waals surface area (Å²) in [5.41, 5.74) is 0.848. The molecule has 0 aliphatic heterocycles. The molecule has 0 radical (unpaired) electrons. The van der Waals surface area contributed by atoms with E-state index in [9.17, 15) is 0 Å². The standard InChI is InChI=1S/C16H16ClNO2S/c1-3-18-16(15-8-12(19-2)9-21-15)14-7-10-6-11(17)4-5-13(10)20-14/h4-9,16,18H,3H2,1-2H3. The summed E-state index contributed by atoms with van der Waals surface area (Å²) in [6.45, 7) is 2.93. The van der Waals surface area contributed by atoms with Gasteiger partial charge in [-0.3, -0.25) is 0 Å². The van der Waals surface area contributed by atoms with Crippen molar-refractivity contribution in [2.45, 2.75) is 13.0 Å². The first-order valence-corrected chi connectivity index (χ1v) is 8.02. The number of halogens is 1. The highest BCUT2D eigenvalue weighted by Crippen LogP contribution is 2.34. The summed E-state index contributed by atoms with van der Waals surface area (Å²) >= 11 is 7.69. The number of ether oxygens (including phenoxy) is 1. The van der Waals surface area contributed by atoms with Crippen LogP contribution in [0.15, 0.2) is 40.1 Å². The van der Waals surface area contributed by atoms with Crippen molar-refractivity contribution in [2.24, 2.45) is 0 Å². The van der Waals surface area contributed by atoms with Crippen LogP contribution in [0.1, 0.15) is 23.6 Å². The zero-order valence-electron chi connectivity index (χ0n) is 11.9. The van der Waals surface area contributed by atoms with Gasteiger partial charge < -0.3 is 14.5 Å². The Bertz CT molecular complexity index is 750. The summed E-state index contributed by atoms with van der Waals surface area (Å²) in [6.07, 6.45) is 0. The highest BCUT2D eigenvalue weighted by atomic mass is 35.5. The number of methoxy groups -OCH3 is 1. The van der Waals surface area contributed by atoms with E-state index >= 15 is 0 Å². The Balaban J connectivity index is 2.01. The number of thiophene rings is 1. The second kappa shape index (κ2) is 6.10. The maximum Gasteiger partial charge on any atom is 0.134 e. The van der Waals surface area contributed by atoms with Gasteiger partial charge in [0.25, 0.3) is 0 Å². The minimum atomic E-state index is 0.0232. The monoisotopic (exact) mass is 321 g/mol. The normalized spacial score (nSPS) is 12.7. The SMILES string of the molecule is CCNC(c1cc2cc(Cl)ccc2o1)c1cc(OC)cs1. The Morgan fingerprint density at radius 2 is 2.19 bits per heavy atom. The van der Waals surface area contributed by atoms with E-state index in [4.69, 9.17) is 20.8 Å². The van der Waals surface area contributed by atoms with Crippen molar-refractivity contribution in [3.8, 4) is 5.75 Å². The second-order valence-electron chi connectivity index (χ2n) is 4.71. The van der Waals surface area contributed by atoms with Crippen LogP contribution in [0.2, 0.25) is 5.02 Å². The van der Waals surface area contributed by atoms with Crippen LogP contribution in [0.5, 0.6) is 5.75 Å². The zero-order chi connectivity index (χ0) is 14.8. The molecule has 0 fully saturated rings. The van der Waals surface area contributed by atoms with Crippen LogP contribution < -0.4 is 10.1 Å². The van der Waals surface area contributed by atoms with E-state index in [1.165, 1.54) is 4.88 Å². The molecule has 0 aliphatic rings. The molecule has 0 saturated carbocycles. The molecule has 2 heterocycles. The molecule has 21 heavy (non-hydrogen) atoms. The molecule has 1 N–H and O–H groups in total. The van der Waals surface area contributed by atoms with E-state index in [2.05, 4.69) is 12.2 Å². The van der Waals surface area contributed by atoms with E-state index in [0.717, 1.165) is 29.0 Å². The van der Waals surface area contributed by atoms with Crippen molar-refractivity contribution >= 4 is 33.9 Å². The predicted octanol–water partition coefficient (Wildman–Crippen LogP) is 4.86. The Morgan fingerprint density at radius 1 is 1.33 bits per heavy atom. The van der Waals surface area contributed by atoms with Crippen molar-refractivity contribution in [3.05, 3.63) is 51.4 Å². The van der Waals surface area contributed by atoms with Crippen molar-refractivity contribution < 1.29 is 9.15 Å². The fraction of sp³-hybridized carbons (Fsp3) is 0.250. The fourth-order valence-corrected chi connectivity index (χ4v) is 3.43. The lowest BCUT2D eigenvalue weighted by molar-refractivity contribution is 0.415. The smallest absolute Gasteiger partial charge is 0.134 e. The Hall–Kier alpha value is -1.49. The first-order valence-electron chi connectivity index (χ1n) is 6.76. The Labute approximate surface area is 132 Å². The van der Waals surface area contributed by atoms with Crippen LogP contribution in [0.4, 0.5) is 0 Å². The third-order valence-electron chi connectivity index (χ3n) is 3.31. The third-order valence-corrected chi connectivity index (χ3v) is 4.52. The van der Waals surface area contributed by atoms with E-state index in [1.54, 1.807) is 18.4 Å². The van der Waals surface area contributed by atoms with Crippen LogP contribution in [0.25, 0.3) is 11.0 Å². The van der Waals surface area contributed by atoms with Crippen LogP contribution in [0, 0.1) is 0 Å². The molecule has 0 amide bonds. The molecule has 0 spiro atoms. The largest absolute Gasteiger partial charge is 0.496 e. The number of rotatable bonds is 5. The van der Waals surface area contributed by atoms with Crippen molar-refractivity contribution in [1.82, 2.24) is 5.32 Å². The van der Waals surface area contributed by atoms with Crippen LogP contribution >= 0.6 is 22.9 Å². The Morgan fingerprint density at radius 3 is 2.90 bits per heavy atom. The van der Waals surface area contributed by atoms with Gasteiger partial charge in [-0.25, -0.2) is 0 Å². The van der Waals surface area contributed by atoms with E-state index in [0.29, 0.717) is 5.02 Å². The summed E-state index contributed by atoms with van der Waals surface area (Å²) in [6, 6.07) is 9.77. The molecule has 2 aromatic heterocycles. The highest BCUT2D eigenvalue weighted by molar-refractivity contribution is 7.10. The summed E-state index contributed by atoms with van der Waals surface area (Å²) in [5, 5.41) is 7.19. The van der Waals surface area contributed by atoms with Gasteiger partial charge >= 0.3 is 0 Å². The van der Waals surface area contributed by atoms with Gasteiger partial charge in [-0.1, -0.05) is 18.5 Å². The number of fused-ring (bicyclic) bond motifs is 1. The van der Waals surface area contributed by atoms with Gasteiger partial charge in [-0.2, -0.15) is 0 Å². The van der Waals surface area contributed by atoms with Gasteiger partial charge in [0, 0.05) is 20.7 Å². The van der Waals surface area contributed by atoms with E-state index < -0.39 is 0 Å². The van der Waals surface area contributed by atoms with Gasteiger partial charge in [0.2, 0.25) is 0 Å². The van der Waals surface area contributed by atoms with Gasteiger partial charge in [0.1, 0.15) is 23.1 Å². The maximum atomic E-state index is 6.04. The van der Waals surface area contributed by atoms with Gasteiger partial charge in [-0.15, -0.1) is 11.3 Å². The molecule has 3 rings (SSSR count). The van der Waals surface area contributed by atoms with E-state index in [1.807, 2.05) is 35.7 Å². The average Bonchev–Trinajstić information content (AvgIpc) is 3.10. The molecule has 3 nitrogen and oxygen atoms in total. The fourth-order valence-electron chi connectivity index (χ4n) is 2.32. The molecule has 3 aromatic rings. The zero-order valence-corrected chi connectivity index (χ0v) is 13.4. The quantitative estimate of drug-likeness (QED) is 0.729. The molecule has 0 aliphatic carbocycles. The minimum absolute atomic E-state index is 0.0232. The summed E-state index contributed by atoms with van der Waals surface area (Å²) in [4.78, 5) is 1.17. The lowest BCUT2D eigenvalue weighted by Gasteiger charge is -2.13. The molecule has 5 heteroatoms. The molecule has 1 unspecified atom stereocenters. The molecule has 0 bridgehead atoms. The number of hydrogen-bond acceptors (Lipinski definition) is 4. The second-order valence-corrected chi connectivity index (χ2v) is 6.09. The van der Waals surface area contributed by atoms with Crippen molar-refractivity contribution in [2.75, 3.05) is 13.7 Å². The van der Waals surface area contributed by atoms with Crippen molar-refractivity contribution in [1.29, 1.82) is 0 Å². The number of furan rings is 1. The molecular formula is C16H16ClNO2S. The number of nitrogens with one attached hydrogen (secondary N) is 1. The molecule has 110 valence electrons. The van der Waals surface area contributed by atoms with Crippen LogP contribution in [-0.2, 0) is 0 Å². The lowest BCUT2D eigenvalue weighted by atomic mass is 10.1. The topological polar surface area (TPSA) is 34.4 Å². The molecule has 0 saturated heterocycles. The van der Waals surface area contributed by atoms with Crippen LogP contribution in [-0.4, -0.2) is 13.7 Å². The maximum absolute atomic E-state index is 6.04. The summed E-state index contributed by atoms with van der Waals surface area (Å²) < 4.78 is 11.2. The first kappa shape index (κ1) is 14.4. The average molecular weight is 322 g/mol. The molecule has 1 atom stereocenters. The van der Waals surface area contributed by atoms with Gasteiger partial charge in [0.15, 0.2) is 0 Å². The lowest BCUT2D eigenvalue weighted by Crippen LogP contribution is -2.20.